The van der Waals surface area contributed by atoms with Crippen LogP contribution < -0.4 is 45.6 Å². The molecule has 456 valence electrons. The molecule has 0 amide bonds. The Balaban J connectivity index is 0.000000132. The third-order valence-corrected chi connectivity index (χ3v) is 32.7. The van der Waals surface area contributed by atoms with Crippen molar-refractivity contribution in [1.29, 1.82) is 0 Å². The standard InChI is InChI=1S/4C16H13.2C12H10Si.2ClH.2Hf/c4*1-12-9-10-14(11-12)16-8-4-6-13-5-2-3-7-15(13)16;2*1-3-7-11(8-4-1)13-12-9-5-2-6-10-12;;;;/h4*2-8,11H,10H2,1H3;2*1-10H;2*1H;;/q4*-1;;;;;2*+2/p-2. The molecule has 6 heteroatoms. The molecule has 12 aromatic carbocycles. The van der Waals surface area contributed by atoms with Gasteiger partial charge in [-0.1, -0.05) is 198 Å². The first-order valence-electron chi connectivity index (χ1n) is 31.6. The monoisotopic (exact) mass is 1610 g/mol. The van der Waals surface area contributed by atoms with Gasteiger partial charge >= 0.3 is 199 Å². The van der Waals surface area contributed by atoms with Gasteiger partial charge in [-0.15, -0.1) is 48.0 Å². The fourth-order valence-electron chi connectivity index (χ4n) is 11.9. The molecule has 0 bridgehead atoms. The van der Waals surface area contributed by atoms with Crippen LogP contribution in [0.1, 0.15) is 75.6 Å². The summed E-state index contributed by atoms with van der Waals surface area (Å²) in [4.78, 5) is 0. The number of hydrogen-bond acceptors (Lipinski definition) is 0. The van der Waals surface area contributed by atoms with Gasteiger partial charge in [0.15, 0.2) is 0 Å². The van der Waals surface area contributed by atoms with Crippen LogP contribution in [-0.2, 0) is 46.0 Å². The van der Waals surface area contributed by atoms with Crippen LogP contribution in [0.5, 0.6) is 0 Å². The van der Waals surface area contributed by atoms with Gasteiger partial charge in [0.1, 0.15) is 0 Å². The molecule has 16 rings (SSSR count). The van der Waals surface area contributed by atoms with Crippen molar-refractivity contribution >= 4 is 97.1 Å². The maximum absolute atomic E-state index is 3.36. The molecule has 4 aliphatic carbocycles. The van der Waals surface area contributed by atoms with Gasteiger partial charge in [0.05, 0.1) is 0 Å². The fraction of sp³-hybridized carbons (Fsp3) is 0.0909. The van der Waals surface area contributed by atoms with Crippen molar-refractivity contribution < 1.29 is 70.8 Å². The van der Waals surface area contributed by atoms with E-state index in [-0.39, 0.29) is 24.8 Å². The van der Waals surface area contributed by atoms with Gasteiger partial charge in [-0.2, -0.15) is 0 Å². The fourth-order valence-corrected chi connectivity index (χ4v) is 21.8. The van der Waals surface area contributed by atoms with E-state index in [0.717, 1.165) is 25.7 Å². The van der Waals surface area contributed by atoms with Gasteiger partial charge in [0.2, 0.25) is 0 Å². The van der Waals surface area contributed by atoms with Crippen LogP contribution in [0.15, 0.2) is 338 Å². The Hall–Kier alpha value is -7.65. The second kappa shape index (κ2) is 35.7. The number of halogens is 2. The van der Waals surface area contributed by atoms with Crippen molar-refractivity contribution in [2.75, 3.05) is 0 Å². The van der Waals surface area contributed by atoms with Crippen LogP contribution >= 0.6 is 0 Å². The predicted molar refractivity (Wildman–Crippen MR) is 392 cm³/mol. The van der Waals surface area contributed by atoms with Crippen molar-refractivity contribution in [3.8, 4) is 0 Å². The predicted octanol–water partition coefficient (Wildman–Crippen LogP) is 14.2. The van der Waals surface area contributed by atoms with Crippen LogP contribution in [0.25, 0.3) is 65.4 Å². The van der Waals surface area contributed by atoms with E-state index in [0.29, 0.717) is 0 Å². The molecule has 0 aliphatic heterocycles. The molecular weight excluding hydrogens is 1540 g/mol. The number of fused-ring (bicyclic) bond motifs is 4. The molecular formula is C88H72Cl2Hf2Si2-2. The quantitative estimate of drug-likeness (QED) is 0.105. The molecule has 0 radical (unpaired) electrons. The molecule has 94 heavy (non-hydrogen) atoms. The van der Waals surface area contributed by atoms with Gasteiger partial charge in [-0.05, 0) is 65.3 Å². The SMILES string of the molecule is CC1=[C-]CC(c2cccc3ccccc23)=C1.CC1=[C-]CC(c2cccc3ccccc23)=C1.CC1=[C-]CC(c2cccc3ccccc23)=C1.CC1=[C-]CC(c2cccc3ccccc23)=C1.[Cl-].[Cl-].[Hf+2]=[Si](c1ccccc1)c1ccccc1.[Hf+2]=[Si](c1ccccc1)c1ccccc1. The van der Waals surface area contributed by atoms with Gasteiger partial charge in [0, 0.05) is 0 Å². The normalized spacial score (nSPS) is 13.2. The summed E-state index contributed by atoms with van der Waals surface area (Å²) >= 11 is 2.53. The van der Waals surface area contributed by atoms with Crippen LogP contribution in [0.4, 0.5) is 0 Å². The van der Waals surface area contributed by atoms with E-state index in [1.165, 1.54) is 177 Å². The van der Waals surface area contributed by atoms with Crippen LogP contribution in [0, 0.1) is 24.3 Å². The second-order valence-corrected chi connectivity index (χ2v) is 37.7. The summed E-state index contributed by atoms with van der Waals surface area (Å²) in [5, 5.41) is 16.8. The molecule has 0 atom stereocenters. The summed E-state index contributed by atoms with van der Waals surface area (Å²) in [6, 6.07) is 104. The maximum atomic E-state index is 3.36. The average molecular weight is 1610 g/mol. The summed E-state index contributed by atoms with van der Waals surface area (Å²) in [7, 11) is 0. The Bertz CT molecular complexity index is 4230. The Kier molecular flexibility index (Phi) is 26.9. The molecule has 0 heterocycles. The first kappa shape index (κ1) is 70.7. The third-order valence-electron chi connectivity index (χ3n) is 16.6. The number of rotatable bonds is 8. The van der Waals surface area contributed by atoms with Crippen molar-refractivity contribution in [3.05, 3.63) is 384 Å². The van der Waals surface area contributed by atoms with Crippen molar-refractivity contribution in [2.45, 2.75) is 53.4 Å². The van der Waals surface area contributed by atoms with Crippen molar-refractivity contribution in [2.24, 2.45) is 0 Å². The second-order valence-electron chi connectivity index (χ2n) is 23.1. The molecule has 0 saturated carbocycles. The molecule has 0 spiro atoms. The topological polar surface area (TPSA) is 0 Å². The zero-order chi connectivity index (χ0) is 63.4. The van der Waals surface area contributed by atoms with E-state index in [4.69, 9.17) is 0 Å². The minimum absolute atomic E-state index is 0. The Labute approximate surface area is 599 Å². The summed E-state index contributed by atoms with van der Waals surface area (Å²) in [6.07, 6.45) is 26.2. The molecule has 0 nitrogen and oxygen atoms in total. The molecule has 0 unspecified atom stereocenters. The molecule has 0 fully saturated rings. The third kappa shape index (κ3) is 18.8. The van der Waals surface area contributed by atoms with Crippen molar-refractivity contribution in [1.82, 2.24) is 0 Å². The molecule has 12 aromatic rings. The van der Waals surface area contributed by atoms with Gasteiger partial charge in [-0.25, -0.2) is 46.6 Å². The van der Waals surface area contributed by atoms with Crippen LogP contribution in [0.3, 0.4) is 0 Å². The Morgan fingerprint density at radius 2 is 0.415 bits per heavy atom. The zero-order valence-corrected chi connectivity index (χ0v) is 64.3. The Morgan fingerprint density at radius 3 is 0.606 bits per heavy atom. The zero-order valence-electron chi connectivity index (χ0n) is 53.6. The van der Waals surface area contributed by atoms with E-state index < -0.39 is 11.0 Å². The van der Waals surface area contributed by atoms with Crippen molar-refractivity contribution in [3.63, 3.8) is 0 Å². The molecule has 0 N–H and O–H groups in total. The molecule has 0 aromatic heterocycles. The van der Waals surface area contributed by atoms with E-state index in [1.54, 1.807) is 0 Å². The first-order chi connectivity index (χ1) is 45.1. The van der Waals surface area contributed by atoms with Crippen LogP contribution in [0.2, 0.25) is 0 Å². The number of benzene rings is 12. The van der Waals surface area contributed by atoms with E-state index in [9.17, 15) is 0 Å². The van der Waals surface area contributed by atoms with Gasteiger partial charge in [0.25, 0.3) is 0 Å². The van der Waals surface area contributed by atoms with Gasteiger partial charge < -0.3 is 24.8 Å². The average Bonchev–Trinajstić information content (AvgIpc) is 1.51. The van der Waals surface area contributed by atoms with E-state index in [2.05, 4.69) is 367 Å². The number of allylic oxidation sites excluding steroid dienone is 16. The minimum atomic E-state index is -0.406. The molecule has 0 saturated heterocycles. The molecule has 4 aliphatic rings. The van der Waals surface area contributed by atoms with E-state index in [1.807, 2.05) is 0 Å². The van der Waals surface area contributed by atoms with Gasteiger partial charge in [-0.3, -0.25) is 24.3 Å². The van der Waals surface area contributed by atoms with E-state index >= 15 is 0 Å². The first-order valence-corrected chi connectivity index (χ1v) is 45.3. The summed E-state index contributed by atoms with van der Waals surface area (Å²) in [5.74, 6) is 0. The summed E-state index contributed by atoms with van der Waals surface area (Å²) in [5.41, 5.74) is 15.1. The Morgan fingerprint density at radius 1 is 0.234 bits per heavy atom. The summed E-state index contributed by atoms with van der Waals surface area (Å²) < 4.78 is 0. The van der Waals surface area contributed by atoms with Crippen LogP contribution in [-0.4, -0.2) is 11.0 Å². The summed E-state index contributed by atoms with van der Waals surface area (Å²) in [6.45, 7) is 8.44. The number of hydrogen-bond donors (Lipinski definition) is 0.